The van der Waals surface area contributed by atoms with Crippen molar-refractivity contribution in [2.75, 3.05) is 17.8 Å². The van der Waals surface area contributed by atoms with E-state index in [2.05, 4.69) is 4.72 Å². The van der Waals surface area contributed by atoms with Crippen molar-refractivity contribution in [3.05, 3.63) is 90.2 Å². The van der Waals surface area contributed by atoms with Crippen molar-refractivity contribution in [3.63, 3.8) is 0 Å². The molecule has 1 heterocycles. The summed E-state index contributed by atoms with van der Waals surface area (Å²) in [5, 5.41) is -0.547. The van der Waals surface area contributed by atoms with Gasteiger partial charge in [-0.2, -0.15) is 0 Å². The molecule has 0 aliphatic carbocycles. The van der Waals surface area contributed by atoms with Crippen LogP contribution in [0.25, 0.3) is 0 Å². The second kappa shape index (κ2) is 9.55. The van der Waals surface area contributed by atoms with E-state index in [1.54, 1.807) is 35.2 Å². The Bertz CT molecular complexity index is 1380. The second-order valence-corrected chi connectivity index (χ2v) is 11.8. The Labute approximate surface area is 198 Å². The van der Waals surface area contributed by atoms with Crippen LogP contribution in [-0.4, -0.2) is 46.0 Å². The van der Waals surface area contributed by atoms with Crippen LogP contribution in [0.4, 0.5) is 10.1 Å². The molecule has 0 bridgehead atoms. The summed E-state index contributed by atoms with van der Waals surface area (Å²) >= 11 is 0. The number of halogens is 1. The molecule has 1 aliphatic heterocycles. The number of amides is 1. The molecule has 7 nitrogen and oxygen atoms in total. The lowest BCUT2D eigenvalue weighted by molar-refractivity contribution is 0.0725. The predicted molar refractivity (Wildman–Crippen MR) is 126 cm³/mol. The molecule has 0 aromatic heterocycles. The van der Waals surface area contributed by atoms with E-state index in [0.29, 0.717) is 31.5 Å². The quantitative estimate of drug-likeness (QED) is 0.554. The van der Waals surface area contributed by atoms with Crippen molar-refractivity contribution in [1.29, 1.82) is 0 Å². The number of nitrogens with one attached hydrogen (secondary N) is 1. The van der Waals surface area contributed by atoms with Crippen molar-refractivity contribution in [1.82, 2.24) is 4.90 Å². The van der Waals surface area contributed by atoms with Crippen molar-refractivity contribution >= 4 is 31.5 Å². The number of rotatable bonds is 6. The van der Waals surface area contributed by atoms with Gasteiger partial charge in [0.1, 0.15) is 10.7 Å². The highest BCUT2D eigenvalue weighted by Gasteiger charge is 2.32. The van der Waals surface area contributed by atoms with Crippen molar-refractivity contribution < 1.29 is 26.0 Å². The van der Waals surface area contributed by atoms with Gasteiger partial charge in [-0.05, 0) is 61.4 Å². The molecule has 4 rings (SSSR count). The second-order valence-electron chi connectivity index (χ2n) is 7.96. The first-order valence-corrected chi connectivity index (χ1v) is 13.7. The van der Waals surface area contributed by atoms with E-state index in [4.69, 9.17) is 0 Å². The van der Waals surface area contributed by atoms with Gasteiger partial charge in [0.2, 0.25) is 0 Å². The zero-order valence-corrected chi connectivity index (χ0v) is 19.7. The van der Waals surface area contributed by atoms with Crippen LogP contribution < -0.4 is 4.72 Å². The van der Waals surface area contributed by atoms with Crippen LogP contribution in [0.1, 0.15) is 23.2 Å². The molecular weight excluding hydrogens is 479 g/mol. The van der Waals surface area contributed by atoms with E-state index in [-0.39, 0.29) is 16.5 Å². The molecule has 0 unspecified atom stereocenters. The molecule has 0 atom stereocenters. The predicted octanol–water partition coefficient (Wildman–Crippen LogP) is 3.71. The van der Waals surface area contributed by atoms with Gasteiger partial charge in [0, 0.05) is 24.3 Å². The van der Waals surface area contributed by atoms with Gasteiger partial charge in [0.25, 0.3) is 15.9 Å². The first-order chi connectivity index (χ1) is 16.2. The van der Waals surface area contributed by atoms with Gasteiger partial charge >= 0.3 is 0 Å². The fourth-order valence-corrected chi connectivity index (χ4v) is 6.80. The zero-order valence-electron chi connectivity index (χ0n) is 18.1. The summed E-state index contributed by atoms with van der Waals surface area (Å²) in [6, 6.07) is 19.2. The van der Waals surface area contributed by atoms with Crippen LogP contribution in [0, 0.1) is 5.82 Å². The van der Waals surface area contributed by atoms with Crippen LogP contribution in [0.2, 0.25) is 0 Å². The van der Waals surface area contributed by atoms with E-state index in [1.165, 1.54) is 36.4 Å². The number of sulfonamides is 1. The lowest BCUT2D eigenvalue weighted by Gasteiger charge is -2.31. The Morgan fingerprint density at radius 2 is 1.41 bits per heavy atom. The maximum Gasteiger partial charge on any atom is 0.264 e. The topological polar surface area (TPSA) is 101 Å². The average Bonchev–Trinajstić information content (AvgIpc) is 2.84. The summed E-state index contributed by atoms with van der Waals surface area (Å²) < 4.78 is 66.7. The summed E-state index contributed by atoms with van der Waals surface area (Å²) in [6.07, 6.45) is 0.674. The van der Waals surface area contributed by atoms with Crippen LogP contribution >= 0.6 is 0 Å². The minimum atomic E-state index is -4.12. The molecule has 0 saturated carbocycles. The molecule has 1 aliphatic rings. The SMILES string of the molecule is O=C(c1ccc(NS(=O)(=O)c2ccccc2F)cc1)N1CCC(S(=O)(=O)c2ccccc2)CC1. The van der Waals surface area contributed by atoms with Crippen molar-refractivity contribution in [2.24, 2.45) is 0 Å². The minimum Gasteiger partial charge on any atom is -0.339 e. The summed E-state index contributed by atoms with van der Waals surface area (Å²) in [7, 11) is -7.57. The molecule has 178 valence electrons. The number of benzene rings is 3. The van der Waals surface area contributed by atoms with E-state index < -0.39 is 35.8 Å². The number of hydrogen-bond acceptors (Lipinski definition) is 5. The normalized spacial score (nSPS) is 15.1. The van der Waals surface area contributed by atoms with Gasteiger partial charge in [-0.3, -0.25) is 9.52 Å². The molecule has 0 radical (unpaired) electrons. The first kappa shape index (κ1) is 23.9. The molecule has 1 saturated heterocycles. The highest BCUT2D eigenvalue weighted by Crippen LogP contribution is 2.26. The number of carbonyl (C=O) groups is 1. The zero-order chi connectivity index (χ0) is 24.3. The van der Waals surface area contributed by atoms with Gasteiger partial charge in [-0.1, -0.05) is 30.3 Å². The molecule has 1 N–H and O–H groups in total. The van der Waals surface area contributed by atoms with Crippen molar-refractivity contribution in [3.8, 4) is 0 Å². The third kappa shape index (κ3) is 4.97. The number of anilines is 1. The summed E-state index contributed by atoms with van der Waals surface area (Å²) in [5.74, 6) is -1.13. The fraction of sp³-hybridized carbons (Fsp3) is 0.208. The summed E-state index contributed by atoms with van der Waals surface area (Å²) in [4.78, 5) is 14.3. The lowest BCUT2D eigenvalue weighted by Crippen LogP contribution is -2.42. The molecule has 1 fully saturated rings. The Morgan fingerprint density at radius 3 is 2.03 bits per heavy atom. The molecular formula is C24H23FN2O5S2. The molecule has 3 aromatic carbocycles. The smallest absolute Gasteiger partial charge is 0.264 e. The molecule has 34 heavy (non-hydrogen) atoms. The molecule has 3 aromatic rings. The fourth-order valence-electron chi connectivity index (χ4n) is 3.91. The third-order valence-electron chi connectivity index (χ3n) is 5.75. The van der Waals surface area contributed by atoms with Gasteiger partial charge < -0.3 is 4.90 Å². The number of nitrogens with zero attached hydrogens (tertiary/aromatic N) is 1. The van der Waals surface area contributed by atoms with Crippen molar-refractivity contribution in [2.45, 2.75) is 27.9 Å². The highest BCUT2D eigenvalue weighted by atomic mass is 32.2. The lowest BCUT2D eigenvalue weighted by atomic mass is 10.1. The van der Waals surface area contributed by atoms with Crippen LogP contribution in [0.5, 0.6) is 0 Å². The average molecular weight is 503 g/mol. The van der Waals surface area contributed by atoms with E-state index in [1.807, 2.05) is 0 Å². The van der Waals surface area contributed by atoms with Crippen LogP contribution in [0.15, 0.2) is 88.7 Å². The summed E-state index contributed by atoms with van der Waals surface area (Å²) in [5.41, 5.74) is 0.533. The maximum absolute atomic E-state index is 13.9. The number of sulfone groups is 1. The molecule has 0 spiro atoms. The Hall–Kier alpha value is -3.24. The minimum absolute atomic E-state index is 0.187. The largest absolute Gasteiger partial charge is 0.339 e. The number of likely N-dealkylation sites (tertiary alicyclic amines) is 1. The summed E-state index contributed by atoms with van der Waals surface area (Å²) in [6.45, 7) is 0.606. The van der Waals surface area contributed by atoms with E-state index >= 15 is 0 Å². The number of piperidine rings is 1. The van der Waals surface area contributed by atoms with Crippen LogP contribution in [-0.2, 0) is 19.9 Å². The van der Waals surface area contributed by atoms with Gasteiger partial charge in [-0.25, -0.2) is 21.2 Å². The molecule has 1 amide bonds. The standard InChI is InChI=1S/C24H23FN2O5S2/c25-22-8-4-5-9-23(22)34(31,32)26-19-12-10-18(11-13-19)24(28)27-16-14-21(15-17-27)33(29,30)20-6-2-1-3-7-20/h1-13,21,26H,14-17H2. The number of hydrogen-bond donors (Lipinski definition) is 1. The first-order valence-electron chi connectivity index (χ1n) is 10.6. The maximum atomic E-state index is 13.9. The van der Waals surface area contributed by atoms with Gasteiger partial charge in [0.05, 0.1) is 10.1 Å². The molecule has 10 heteroatoms. The number of carbonyl (C=O) groups excluding carboxylic acids is 1. The van der Waals surface area contributed by atoms with Gasteiger partial charge in [-0.15, -0.1) is 0 Å². The Morgan fingerprint density at radius 1 is 0.824 bits per heavy atom. The monoisotopic (exact) mass is 502 g/mol. The third-order valence-corrected chi connectivity index (χ3v) is 9.44. The Kier molecular flexibility index (Phi) is 6.72. The van der Waals surface area contributed by atoms with Crippen LogP contribution in [0.3, 0.4) is 0 Å². The van der Waals surface area contributed by atoms with E-state index in [9.17, 15) is 26.0 Å². The highest BCUT2D eigenvalue weighted by molar-refractivity contribution is 7.92. The Balaban J connectivity index is 1.40. The van der Waals surface area contributed by atoms with E-state index in [0.717, 1.165) is 12.1 Å². The van der Waals surface area contributed by atoms with Gasteiger partial charge in [0.15, 0.2) is 9.84 Å².